The number of amides is 1. The van der Waals surface area contributed by atoms with Gasteiger partial charge in [-0.25, -0.2) is 9.38 Å². The highest BCUT2D eigenvalue weighted by atomic mass is 19.1. The first-order valence-electron chi connectivity index (χ1n) is 7.52. The molecule has 2 aromatic rings. The lowest BCUT2D eigenvalue weighted by molar-refractivity contribution is -0.115. The zero-order valence-corrected chi connectivity index (χ0v) is 12.8. The Kier molecular flexibility index (Phi) is 4.33. The Bertz CT molecular complexity index is 791. The van der Waals surface area contributed by atoms with Gasteiger partial charge in [0.1, 0.15) is 17.3 Å². The SMILES string of the molecule is Cc1cccc(CCC2=N/C(=C/c3ccc(F)cc3)C(=O)N2)c1. The number of aryl methyl sites for hydroxylation is 2. The van der Waals surface area contributed by atoms with Crippen LogP contribution in [-0.4, -0.2) is 11.7 Å². The number of aliphatic imine (C=N–C) groups is 1. The Morgan fingerprint density at radius 2 is 1.91 bits per heavy atom. The second kappa shape index (κ2) is 6.57. The summed E-state index contributed by atoms with van der Waals surface area (Å²) in [5.41, 5.74) is 3.55. The number of rotatable bonds is 4. The highest BCUT2D eigenvalue weighted by Crippen LogP contribution is 2.15. The van der Waals surface area contributed by atoms with Gasteiger partial charge < -0.3 is 5.32 Å². The van der Waals surface area contributed by atoms with Gasteiger partial charge in [-0.05, 0) is 42.7 Å². The minimum atomic E-state index is -0.301. The van der Waals surface area contributed by atoms with Gasteiger partial charge in [0.25, 0.3) is 5.91 Å². The molecule has 1 aliphatic rings. The average molecular weight is 308 g/mol. The third-order valence-electron chi connectivity index (χ3n) is 3.65. The van der Waals surface area contributed by atoms with Crippen molar-refractivity contribution in [3.63, 3.8) is 0 Å². The van der Waals surface area contributed by atoms with Crippen LogP contribution in [0.15, 0.2) is 59.2 Å². The summed E-state index contributed by atoms with van der Waals surface area (Å²) in [6.07, 6.45) is 3.16. The van der Waals surface area contributed by atoms with E-state index in [1.54, 1.807) is 18.2 Å². The Morgan fingerprint density at radius 1 is 1.13 bits per heavy atom. The number of nitrogens with one attached hydrogen (secondary N) is 1. The molecule has 1 amide bonds. The Morgan fingerprint density at radius 3 is 2.65 bits per heavy atom. The van der Waals surface area contributed by atoms with Gasteiger partial charge in [0, 0.05) is 6.42 Å². The summed E-state index contributed by atoms with van der Waals surface area (Å²) < 4.78 is 12.9. The monoisotopic (exact) mass is 308 g/mol. The van der Waals surface area contributed by atoms with Gasteiger partial charge in [0.15, 0.2) is 0 Å². The van der Waals surface area contributed by atoms with Gasteiger partial charge in [0.05, 0.1) is 0 Å². The summed E-state index contributed by atoms with van der Waals surface area (Å²) in [6, 6.07) is 14.3. The largest absolute Gasteiger partial charge is 0.309 e. The second-order valence-corrected chi connectivity index (χ2v) is 5.58. The van der Waals surface area contributed by atoms with Crippen molar-refractivity contribution in [2.24, 2.45) is 4.99 Å². The molecule has 0 spiro atoms. The van der Waals surface area contributed by atoms with Crippen molar-refractivity contribution in [1.82, 2.24) is 5.32 Å². The molecule has 0 aromatic heterocycles. The smallest absolute Gasteiger partial charge is 0.275 e. The predicted molar refractivity (Wildman–Crippen MR) is 89.5 cm³/mol. The summed E-state index contributed by atoms with van der Waals surface area (Å²) in [5, 5.41) is 2.79. The first kappa shape index (κ1) is 15.2. The van der Waals surface area contributed by atoms with E-state index in [1.165, 1.54) is 23.3 Å². The van der Waals surface area contributed by atoms with Gasteiger partial charge in [-0.2, -0.15) is 0 Å². The second-order valence-electron chi connectivity index (χ2n) is 5.58. The van der Waals surface area contributed by atoms with E-state index < -0.39 is 0 Å². The van der Waals surface area contributed by atoms with Gasteiger partial charge in [-0.1, -0.05) is 42.0 Å². The fourth-order valence-electron chi connectivity index (χ4n) is 2.48. The molecule has 3 nitrogen and oxygen atoms in total. The molecule has 0 radical (unpaired) electrons. The lowest BCUT2D eigenvalue weighted by Crippen LogP contribution is -2.24. The van der Waals surface area contributed by atoms with Crippen LogP contribution >= 0.6 is 0 Å². The number of amidine groups is 1. The molecule has 116 valence electrons. The summed E-state index contributed by atoms with van der Waals surface area (Å²) in [5.74, 6) is 0.156. The quantitative estimate of drug-likeness (QED) is 0.861. The number of halogens is 1. The molecule has 1 N–H and O–H groups in total. The lowest BCUT2D eigenvalue weighted by atomic mass is 10.1. The van der Waals surface area contributed by atoms with Crippen molar-refractivity contribution < 1.29 is 9.18 Å². The number of carbonyl (C=O) groups excluding carboxylic acids is 1. The average Bonchev–Trinajstić information content (AvgIpc) is 2.88. The van der Waals surface area contributed by atoms with E-state index in [4.69, 9.17) is 0 Å². The number of nitrogens with zero attached hydrogens (tertiary/aromatic N) is 1. The molecule has 0 fully saturated rings. The molecule has 1 heterocycles. The van der Waals surface area contributed by atoms with Gasteiger partial charge in [-0.3, -0.25) is 4.79 Å². The highest BCUT2D eigenvalue weighted by molar-refractivity contribution is 6.14. The van der Waals surface area contributed by atoms with Crippen molar-refractivity contribution in [3.8, 4) is 0 Å². The van der Waals surface area contributed by atoms with Gasteiger partial charge in [-0.15, -0.1) is 0 Å². The van der Waals surface area contributed by atoms with Crippen molar-refractivity contribution in [2.75, 3.05) is 0 Å². The van der Waals surface area contributed by atoms with Crippen LogP contribution in [0.1, 0.15) is 23.1 Å². The first-order chi connectivity index (χ1) is 11.1. The Labute approximate surface area is 134 Å². The van der Waals surface area contributed by atoms with E-state index in [2.05, 4.69) is 35.4 Å². The van der Waals surface area contributed by atoms with Gasteiger partial charge in [0.2, 0.25) is 0 Å². The van der Waals surface area contributed by atoms with E-state index in [9.17, 15) is 9.18 Å². The molecule has 0 aliphatic carbocycles. The van der Waals surface area contributed by atoms with Crippen LogP contribution < -0.4 is 5.32 Å². The van der Waals surface area contributed by atoms with Crippen LogP contribution in [-0.2, 0) is 11.2 Å². The number of hydrogen-bond acceptors (Lipinski definition) is 2. The molecular weight excluding hydrogens is 291 g/mol. The number of hydrogen-bond donors (Lipinski definition) is 1. The molecule has 0 saturated carbocycles. The Balaban J connectivity index is 1.70. The van der Waals surface area contributed by atoms with E-state index in [1.807, 2.05) is 6.07 Å². The van der Waals surface area contributed by atoms with Gasteiger partial charge >= 0.3 is 0 Å². The van der Waals surface area contributed by atoms with Crippen LogP contribution in [0.5, 0.6) is 0 Å². The zero-order chi connectivity index (χ0) is 16.2. The number of benzene rings is 2. The molecule has 23 heavy (non-hydrogen) atoms. The van der Waals surface area contributed by atoms with Crippen LogP contribution in [0.3, 0.4) is 0 Å². The van der Waals surface area contributed by atoms with Crippen LogP contribution in [0.25, 0.3) is 6.08 Å². The highest BCUT2D eigenvalue weighted by Gasteiger charge is 2.19. The fraction of sp³-hybridized carbons (Fsp3) is 0.158. The number of carbonyl (C=O) groups is 1. The maximum atomic E-state index is 12.9. The summed E-state index contributed by atoms with van der Waals surface area (Å²) in [4.78, 5) is 16.3. The fourth-order valence-corrected chi connectivity index (χ4v) is 2.48. The summed E-state index contributed by atoms with van der Waals surface area (Å²) in [7, 11) is 0. The summed E-state index contributed by atoms with van der Waals surface area (Å²) in [6.45, 7) is 2.06. The molecule has 3 rings (SSSR count). The summed E-state index contributed by atoms with van der Waals surface area (Å²) >= 11 is 0. The van der Waals surface area contributed by atoms with Crippen molar-refractivity contribution in [1.29, 1.82) is 0 Å². The van der Waals surface area contributed by atoms with E-state index in [0.717, 1.165) is 12.0 Å². The van der Waals surface area contributed by atoms with E-state index in [0.29, 0.717) is 18.0 Å². The predicted octanol–water partition coefficient (Wildman–Crippen LogP) is 3.64. The normalized spacial score (nSPS) is 15.7. The maximum absolute atomic E-state index is 12.9. The molecule has 0 unspecified atom stereocenters. The lowest BCUT2D eigenvalue weighted by Gasteiger charge is -2.02. The molecule has 0 saturated heterocycles. The van der Waals surface area contributed by atoms with E-state index in [-0.39, 0.29) is 11.7 Å². The minimum absolute atomic E-state index is 0.214. The maximum Gasteiger partial charge on any atom is 0.275 e. The molecule has 2 aromatic carbocycles. The third kappa shape index (κ3) is 3.92. The van der Waals surface area contributed by atoms with Crippen molar-refractivity contribution in [3.05, 3.63) is 76.7 Å². The standard InChI is InChI=1S/C19H17FN2O/c1-13-3-2-4-14(11-13)7-10-18-21-17(19(23)22-18)12-15-5-8-16(20)9-6-15/h2-6,8-9,11-12H,7,10H2,1H3,(H,21,22,23)/b17-12+. The molecule has 0 bridgehead atoms. The topological polar surface area (TPSA) is 41.5 Å². The molecule has 1 aliphatic heterocycles. The van der Waals surface area contributed by atoms with Crippen molar-refractivity contribution >= 4 is 17.8 Å². The van der Waals surface area contributed by atoms with Crippen molar-refractivity contribution in [2.45, 2.75) is 19.8 Å². The minimum Gasteiger partial charge on any atom is -0.309 e. The third-order valence-corrected chi connectivity index (χ3v) is 3.65. The van der Waals surface area contributed by atoms with Crippen LogP contribution in [0, 0.1) is 12.7 Å². The van der Waals surface area contributed by atoms with E-state index >= 15 is 0 Å². The van der Waals surface area contributed by atoms with Crippen LogP contribution in [0.4, 0.5) is 4.39 Å². The first-order valence-corrected chi connectivity index (χ1v) is 7.52. The molecule has 0 atom stereocenters. The zero-order valence-electron chi connectivity index (χ0n) is 12.8. The Hall–Kier alpha value is -2.75. The molecular formula is C19H17FN2O. The molecule has 4 heteroatoms. The van der Waals surface area contributed by atoms with Crippen LogP contribution in [0.2, 0.25) is 0 Å².